The summed E-state index contributed by atoms with van der Waals surface area (Å²) in [6.07, 6.45) is 4.89. The van der Waals surface area contributed by atoms with Crippen molar-refractivity contribution >= 4 is 12.1 Å². The molecule has 2 aliphatic rings. The van der Waals surface area contributed by atoms with E-state index in [2.05, 4.69) is 0 Å². The average molecular weight is 353 g/mol. The third-order valence-corrected chi connectivity index (χ3v) is 4.85. The Labute approximate surface area is 150 Å². The number of fused-ring (bicyclic) bond motifs is 1. The van der Waals surface area contributed by atoms with Crippen molar-refractivity contribution < 1.29 is 23.8 Å². The van der Waals surface area contributed by atoms with Crippen molar-refractivity contribution in [3.8, 4) is 0 Å². The van der Waals surface area contributed by atoms with E-state index >= 15 is 0 Å². The number of methoxy groups -OCH3 is 1. The Morgan fingerprint density at radius 3 is 2.60 bits per heavy atom. The molecule has 0 bridgehead atoms. The van der Waals surface area contributed by atoms with Crippen molar-refractivity contribution in [2.45, 2.75) is 65.0 Å². The van der Waals surface area contributed by atoms with Crippen molar-refractivity contribution in [3.05, 3.63) is 11.8 Å². The number of carbonyl (C=O) groups is 2. The molecule has 1 amide bonds. The zero-order valence-electron chi connectivity index (χ0n) is 16.0. The lowest BCUT2D eigenvalue weighted by Crippen LogP contribution is -2.57. The molecule has 0 unspecified atom stereocenters. The number of ether oxygens (including phenoxy) is 3. The van der Waals surface area contributed by atoms with Crippen LogP contribution in [0, 0.1) is 11.8 Å². The van der Waals surface area contributed by atoms with E-state index in [0.29, 0.717) is 19.1 Å². The molecule has 25 heavy (non-hydrogen) atoms. The summed E-state index contributed by atoms with van der Waals surface area (Å²) in [7, 11) is 1.66. The van der Waals surface area contributed by atoms with Gasteiger partial charge in [0, 0.05) is 6.54 Å². The molecule has 1 aliphatic heterocycles. The summed E-state index contributed by atoms with van der Waals surface area (Å²) in [5.74, 6) is 0.153. The number of hydrogen-bond donors (Lipinski definition) is 0. The number of piperidine rings is 1. The van der Waals surface area contributed by atoms with E-state index in [-0.39, 0.29) is 11.9 Å². The van der Waals surface area contributed by atoms with Gasteiger partial charge in [0.1, 0.15) is 11.6 Å². The number of hydrogen-bond acceptors (Lipinski definition) is 5. The third-order valence-electron chi connectivity index (χ3n) is 4.85. The number of rotatable bonds is 3. The van der Waals surface area contributed by atoms with Crippen molar-refractivity contribution in [2.24, 2.45) is 11.8 Å². The molecule has 1 aliphatic carbocycles. The molecule has 2 fully saturated rings. The number of amides is 1. The third kappa shape index (κ3) is 4.89. The van der Waals surface area contributed by atoms with Gasteiger partial charge >= 0.3 is 12.1 Å². The molecule has 0 radical (unpaired) electrons. The van der Waals surface area contributed by atoms with E-state index < -0.39 is 17.7 Å². The van der Waals surface area contributed by atoms with Crippen LogP contribution in [-0.4, -0.2) is 48.9 Å². The molecule has 6 nitrogen and oxygen atoms in total. The first-order chi connectivity index (χ1) is 11.8. The van der Waals surface area contributed by atoms with Crippen molar-refractivity contribution in [3.63, 3.8) is 0 Å². The van der Waals surface area contributed by atoms with Crippen LogP contribution in [-0.2, 0) is 19.0 Å². The van der Waals surface area contributed by atoms with Gasteiger partial charge in [0.15, 0.2) is 0 Å². The van der Waals surface area contributed by atoms with E-state index in [4.69, 9.17) is 14.2 Å². The van der Waals surface area contributed by atoms with Crippen LogP contribution in [0.15, 0.2) is 11.8 Å². The number of likely N-dealkylation sites (tertiary alicyclic amines) is 1. The second-order valence-corrected chi connectivity index (χ2v) is 7.84. The van der Waals surface area contributed by atoms with Crippen LogP contribution >= 0.6 is 0 Å². The highest BCUT2D eigenvalue weighted by Gasteiger charge is 2.47. The zero-order valence-corrected chi connectivity index (χ0v) is 16.0. The van der Waals surface area contributed by atoms with Gasteiger partial charge in [-0.05, 0) is 70.8 Å². The highest BCUT2D eigenvalue weighted by molar-refractivity contribution is 5.82. The van der Waals surface area contributed by atoms with Crippen LogP contribution in [0.3, 0.4) is 0 Å². The first-order valence-electron chi connectivity index (χ1n) is 9.13. The summed E-state index contributed by atoms with van der Waals surface area (Å²) in [6.45, 7) is 8.11. The summed E-state index contributed by atoms with van der Waals surface area (Å²) in [5.41, 5.74) is 0.686. The molecule has 0 spiro atoms. The Balaban J connectivity index is 2.20. The van der Waals surface area contributed by atoms with Gasteiger partial charge in [-0.25, -0.2) is 9.59 Å². The van der Waals surface area contributed by atoms with Gasteiger partial charge in [-0.1, -0.05) is 0 Å². The standard InChI is InChI=1S/C19H31NO5/c1-6-24-17(21)16-15-8-7-13(12-23-5)11-14(15)9-10-20(16)18(22)25-19(2,3)4/h12,14-16H,6-11H2,1-5H3/b13-12+/t14-,15+,16+/m0/s1. The molecule has 142 valence electrons. The summed E-state index contributed by atoms with van der Waals surface area (Å²) < 4.78 is 16.0. The zero-order chi connectivity index (χ0) is 18.6. The summed E-state index contributed by atoms with van der Waals surface area (Å²) >= 11 is 0. The monoisotopic (exact) mass is 353 g/mol. The average Bonchev–Trinajstić information content (AvgIpc) is 2.52. The maximum atomic E-state index is 12.6. The normalized spacial score (nSPS) is 28.3. The molecule has 1 saturated heterocycles. The molecule has 1 heterocycles. The van der Waals surface area contributed by atoms with Gasteiger partial charge in [-0.3, -0.25) is 4.90 Å². The van der Waals surface area contributed by atoms with Gasteiger partial charge in [-0.2, -0.15) is 0 Å². The Morgan fingerprint density at radius 2 is 2.00 bits per heavy atom. The fourth-order valence-electron chi connectivity index (χ4n) is 3.91. The van der Waals surface area contributed by atoms with Crippen molar-refractivity contribution in [1.82, 2.24) is 4.90 Å². The van der Waals surface area contributed by atoms with Crippen LogP contribution in [0.25, 0.3) is 0 Å². The number of esters is 1. The Hall–Kier alpha value is -1.72. The minimum atomic E-state index is -0.589. The van der Waals surface area contributed by atoms with Gasteiger partial charge in [0.05, 0.1) is 20.0 Å². The van der Waals surface area contributed by atoms with Crippen LogP contribution in [0.1, 0.15) is 53.4 Å². The molecule has 6 heteroatoms. The first-order valence-corrected chi connectivity index (χ1v) is 9.13. The maximum Gasteiger partial charge on any atom is 0.411 e. The molecule has 2 rings (SSSR count). The van der Waals surface area contributed by atoms with Gasteiger partial charge in [0.25, 0.3) is 0 Å². The Kier molecular flexibility index (Phi) is 6.36. The van der Waals surface area contributed by atoms with E-state index in [1.807, 2.05) is 27.0 Å². The second-order valence-electron chi connectivity index (χ2n) is 7.84. The molecule has 0 N–H and O–H groups in total. The van der Waals surface area contributed by atoms with Crippen LogP contribution in [0.4, 0.5) is 4.79 Å². The SMILES string of the molecule is CCOC(=O)[C@H]1[C@@H]2CC/C(=C\OC)C[C@@H]2CCN1C(=O)OC(C)(C)C. The predicted octanol–water partition coefficient (Wildman–Crippen LogP) is 3.51. The lowest BCUT2D eigenvalue weighted by molar-refractivity contribution is -0.155. The quantitative estimate of drug-likeness (QED) is 0.574. The highest BCUT2D eigenvalue weighted by atomic mass is 16.6. The summed E-state index contributed by atoms with van der Waals surface area (Å²) in [4.78, 5) is 26.8. The Morgan fingerprint density at radius 1 is 1.28 bits per heavy atom. The van der Waals surface area contributed by atoms with E-state index in [1.165, 1.54) is 5.57 Å². The molecular weight excluding hydrogens is 322 g/mol. The second kappa shape index (κ2) is 8.11. The van der Waals surface area contributed by atoms with Crippen LogP contribution in [0.5, 0.6) is 0 Å². The van der Waals surface area contributed by atoms with Gasteiger partial charge in [-0.15, -0.1) is 0 Å². The lowest BCUT2D eigenvalue weighted by atomic mass is 9.69. The molecular formula is C19H31NO5. The lowest BCUT2D eigenvalue weighted by Gasteiger charge is -2.46. The van der Waals surface area contributed by atoms with Crippen molar-refractivity contribution in [1.29, 1.82) is 0 Å². The number of nitrogens with zero attached hydrogens (tertiary/aromatic N) is 1. The van der Waals surface area contributed by atoms with Crippen LogP contribution in [0.2, 0.25) is 0 Å². The summed E-state index contributed by atoms with van der Waals surface area (Å²) in [5, 5.41) is 0. The van der Waals surface area contributed by atoms with Crippen LogP contribution < -0.4 is 0 Å². The Bertz CT molecular complexity index is 522. The molecule has 0 aromatic rings. The molecule has 0 aromatic heterocycles. The fraction of sp³-hybridized carbons (Fsp3) is 0.789. The topological polar surface area (TPSA) is 65.1 Å². The molecule has 1 saturated carbocycles. The largest absolute Gasteiger partial charge is 0.504 e. The number of carbonyl (C=O) groups excluding carboxylic acids is 2. The fourth-order valence-corrected chi connectivity index (χ4v) is 3.91. The smallest absolute Gasteiger partial charge is 0.411 e. The minimum absolute atomic E-state index is 0.106. The van der Waals surface area contributed by atoms with Gasteiger partial charge in [0.2, 0.25) is 0 Å². The number of allylic oxidation sites excluding steroid dienone is 1. The maximum absolute atomic E-state index is 12.6. The summed E-state index contributed by atoms with van der Waals surface area (Å²) in [6, 6.07) is -0.558. The first kappa shape index (κ1) is 19.6. The highest BCUT2D eigenvalue weighted by Crippen LogP contribution is 2.42. The predicted molar refractivity (Wildman–Crippen MR) is 93.9 cm³/mol. The minimum Gasteiger partial charge on any atom is -0.504 e. The molecule has 3 atom stereocenters. The van der Waals surface area contributed by atoms with E-state index in [1.54, 1.807) is 18.9 Å². The molecule has 0 aromatic carbocycles. The van der Waals surface area contributed by atoms with E-state index in [9.17, 15) is 9.59 Å². The van der Waals surface area contributed by atoms with E-state index in [0.717, 1.165) is 25.7 Å². The van der Waals surface area contributed by atoms with Crippen molar-refractivity contribution in [2.75, 3.05) is 20.3 Å². The van der Waals surface area contributed by atoms with Gasteiger partial charge < -0.3 is 14.2 Å².